The maximum absolute atomic E-state index is 13.0. The molecule has 1 saturated heterocycles. The van der Waals surface area contributed by atoms with Crippen LogP contribution in [0.3, 0.4) is 0 Å². The Kier molecular flexibility index (Phi) is 6.46. The van der Waals surface area contributed by atoms with Gasteiger partial charge in [-0.3, -0.25) is 4.79 Å². The molecule has 0 N–H and O–H groups in total. The predicted octanol–water partition coefficient (Wildman–Crippen LogP) is 5.33. The maximum Gasteiger partial charge on any atom is 0.247 e. The predicted molar refractivity (Wildman–Crippen MR) is 131 cm³/mol. The van der Waals surface area contributed by atoms with E-state index in [0.29, 0.717) is 32.9 Å². The summed E-state index contributed by atoms with van der Waals surface area (Å²) in [6.07, 6.45) is 4.40. The molecule has 1 fully saturated rings. The highest BCUT2D eigenvalue weighted by Crippen LogP contribution is 2.40. The largest absolute Gasteiger partial charge is 0.487 e. The second-order valence-electron chi connectivity index (χ2n) is 8.34. The van der Waals surface area contributed by atoms with E-state index in [-0.39, 0.29) is 12.0 Å². The van der Waals surface area contributed by atoms with E-state index in [4.69, 9.17) is 14.2 Å². The van der Waals surface area contributed by atoms with Crippen molar-refractivity contribution in [3.05, 3.63) is 76.0 Å². The first-order valence-corrected chi connectivity index (χ1v) is 12.2. The number of amides is 1. The molecule has 170 valence electrons. The van der Waals surface area contributed by atoms with Crippen LogP contribution in [-0.4, -0.2) is 43.3 Å². The molecule has 2 aliphatic heterocycles. The summed E-state index contributed by atoms with van der Waals surface area (Å²) in [7, 11) is 0. The van der Waals surface area contributed by atoms with Gasteiger partial charge < -0.3 is 19.1 Å². The molecule has 5 nitrogen and oxygen atoms in total. The molecule has 6 heteroatoms. The molecule has 0 bridgehead atoms. The second kappa shape index (κ2) is 9.81. The number of hydrogen-bond acceptors (Lipinski definition) is 5. The van der Waals surface area contributed by atoms with Gasteiger partial charge in [0.2, 0.25) is 5.91 Å². The number of fused-ring (bicyclic) bond motifs is 1. The standard InChI is InChI=1S/C27H27NO4S/c1-19-5-2-3-7-24(19)20-15-21-17-28(26(29)9-8-23-6-4-14-33-23)11-13-31-27(21)25(16-20)32-22-10-12-30-18-22/h2-9,14-16,22H,10-13,17-18H2,1H3. The monoisotopic (exact) mass is 461 g/mol. The Labute approximate surface area is 198 Å². The van der Waals surface area contributed by atoms with Crippen LogP contribution in [0.2, 0.25) is 0 Å². The van der Waals surface area contributed by atoms with Gasteiger partial charge in [-0.15, -0.1) is 11.3 Å². The lowest BCUT2D eigenvalue weighted by atomic mass is 9.97. The fraction of sp³-hybridized carbons (Fsp3) is 0.296. The lowest BCUT2D eigenvalue weighted by Crippen LogP contribution is -2.30. The van der Waals surface area contributed by atoms with Crippen LogP contribution >= 0.6 is 11.3 Å². The molecule has 0 radical (unpaired) electrons. The summed E-state index contributed by atoms with van der Waals surface area (Å²) in [6, 6.07) is 16.5. The van der Waals surface area contributed by atoms with Crippen molar-refractivity contribution in [1.29, 1.82) is 0 Å². The normalized spacial score (nSPS) is 18.1. The molecule has 5 rings (SSSR count). The van der Waals surface area contributed by atoms with Gasteiger partial charge in [0.05, 0.1) is 19.8 Å². The molecule has 0 spiro atoms. The summed E-state index contributed by atoms with van der Waals surface area (Å²) in [6.45, 7) is 4.82. The number of carbonyl (C=O) groups excluding carboxylic acids is 1. The van der Waals surface area contributed by atoms with E-state index >= 15 is 0 Å². The highest BCUT2D eigenvalue weighted by atomic mass is 32.1. The van der Waals surface area contributed by atoms with E-state index in [1.54, 1.807) is 17.4 Å². The van der Waals surface area contributed by atoms with Gasteiger partial charge >= 0.3 is 0 Å². The van der Waals surface area contributed by atoms with E-state index in [1.807, 2.05) is 40.6 Å². The molecule has 1 amide bonds. The average Bonchev–Trinajstić information content (AvgIpc) is 3.48. The maximum atomic E-state index is 13.0. The molecule has 3 aromatic rings. The third kappa shape index (κ3) is 4.97. The Hall–Kier alpha value is -3.09. The SMILES string of the molecule is Cc1ccccc1-c1cc2c(c(OC3CCOC3)c1)OCCN(C(=O)C=Cc1cccs1)C2. The molecule has 2 aliphatic rings. The summed E-state index contributed by atoms with van der Waals surface area (Å²) in [5, 5.41) is 2.00. The molecule has 33 heavy (non-hydrogen) atoms. The van der Waals surface area contributed by atoms with Crippen molar-refractivity contribution in [1.82, 2.24) is 4.90 Å². The third-order valence-electron chi connectivity index (χ3n) is 5.98. The molecule has 2 aromatic carbocycles. The quantitative estimate of drug-likeness (QED) is 0.482. The number of aryl methyl sites for hydroxylation is 1. The van der Waals surface area contributed by atoms with Crippen LogP contribution in [0.1, 0.15) is 22.4 Å². The minimum atomic E-state index is -0.0205. The zero-order valence-corrected chi connectivity index (χ0v) is 19.5. The van der Waals surface area contributed by atoms with Crippen molar-refractivity contribution in [3.63, 3.8) is 0 Å². The summed E-state index contributed by atoms with van der Waals surface area (Å²) in [4.78, 5) is 15.9. The van der Waals surface area contributed by atoms with E-state index in [2.05, 4.69) is 31.2 Å². The topological polar surface area (TPSA) is 48.0 Å². The summed E-state index contributed by atoms with van der Waals surface area (Å²) < 4.78 is 18.0. The van der Waals surface area contributed by atoms with Gasteiger partial charge in [0.1, 0.15) is 12.7 Å². The number of ether oxygens (including phenoxy) is 3. The van der Waals surface area contributed by atoms with Crippen LogP contribution in [0, 0.1) is 6.92 Å². The van der Waals surface area contributed by atoms with E-state index in [9.17, 15) is 4.79 Å². The fourth-order valence-corrected chi connectivity index (χ4v) is 4.86. The zero-order valence-electron chi connectivity index (χ0n) is 18.7. The van der Waals surface area contributed by atoms with Crippen molar-refractivity contribution in [2.24, 2.45) is 0 Å². The lowest BCUT2D eigenvalue weighted by Gasteiger charge is -2.20. The molecular formula is C27H27NO4S. The zero-order chi connectivity index (χ0) is 22.6. The van der Waals surface area contributed by atoms with Crippen molar-refractivity contribution in [2.75, 3.05) is 26.4 Å². The lowest BCUT2D eigenvalue weighted by molar-refractivity contribution is -0.126. The van der Waals surface area contributed by atoms with Gasteiger partial charge in [-0.05, 0) is 53.3 Å². The van der Waals surface area contributed by atoms with Gasteiger partial charge in [-0.1, -0.05) is 30.3 Å². The van der Waals surface area contributed by atoms with Gasteiger partial charge in [0, 0.05) is 29.5 Å². The fourth-order valence-electron chi connectivity index (χ4n) is 4.24. The van der Waals surface area contributed by atoms with Crippen LogP contribution < -0.4 is 9.47 Å². The van der Waals surface area contributed by atoms with Gasteiger partial charge in [-0.2, -0.15) is 0 Å². The molecule has 0 aliphatic carbocycles. The van der Waals surface area contributed by atoms with Crippen molar-refractivity contribution < 1.29 is 19.0 Å². The minimum absolute atomic E-state index is 0.0135. The Morgan fingerprint density at radius 1 is 1.18 bits per heavy atom. The van der Waals surface area contributed by atoms with E-state index in [0.717, 1.165) is 39.5 Å². The van der Waals surface area contributed by atoms with Crippen LogP contribution in [0.5, 0.6) is 11.5 Å². The average molecular weight is 462 g/mol. The number of rotatable bonds is 5. The Morgan fingerprint density at radius 3 is 2.88 bits per heavy atom. The van der Waals surface area contributed by atoms with Crippen molar-refractivity contribution >= 4 is 23.3 Å². The summed E-state index contributed by atoms with van der Waals surface area (Å²) >= 11 is 1.61. The number of thiophene rings is 1. The number of carbonyl (C=O) groups is 1. The summed E-state index contributed by atoms with van der Waals surface area (Å²) in [5.74, 6) is 1.44. The minimum Gasteiger partial charge on any atom is -0.487 e. The third-order valence-corrected chi connectivity index (χ3v) is 6.82. The molecule has 0 saturated carbocycles. The molecule has 1 atom stereocenters. The first kappa shape index (κ1) is 21.7. The number of nitrogens with zero attached hydrogens (tertiary/aromatic N) is 1. The molecular weight excluding hydrogens is 434 g/mol. The van der Waals surface area contributed by atoms with Crippen LogP contribution in [0.15, 0.2) is 60.0 Å². The van der Waals surface area contributed by atoms with Gasteiger partial charge in [-0.25, -0.2) is 0 Å². The highest BCUT2D eigenvalue weighted by molar-refractivity contribution is 7.10. The van der Waals surface area contributed by atoms with Crippen LogP contribution in [0.4, 0.5) is 0 Å². The van der Waals surface area contributed by atoms with Crippen molar-refractivity contribution in [3.8, 4) is 22.6 Å². The summed E-state index contributed by atoms with van der Waals surface area (Å²) in [5.41, 5.74) is 4.36. The molecule has 1 aromatic heterocycles. The Morgan fingerprint density at radius 2 is 2.09 bits per heavy atom. The Bertz CT molecular complexity index is 1150. The molecule has 1 unspecified atom stereocenters. The number of hydrogen-bond donors (Lipinski definition) is 0. The van der Waals surface area contributed by atoms with Gasteiger partial charge in [0.15, 0.2) is 11.5 Å². The smallest absolute Gasteiger partial charge is 0.247 e. The van der Waals surface area contributed by atoms with Crippen molar-refractivity contribution in [2.45, 2.75) is 26.0 Å². The van der Waals surface area contributed by atoms with Crippen LogP contribution in [-0.2, 0) is 16.1 Å². The first-order valence-electron chi connectivity index (χ1n) is 11.3. The first-order chi connectivity index (χ1) is 16.2. The highest BCUT2D eigenvalue weighted by Gasteiger charge is 2.26. The molecule has 3 heterocycles. The van der Waals surface area contributed by atoms with E-state index < -0.39 is 0 Å². The van der Waals surface area contributed by atoms with Crippen LogP contribution in [0.25, 0.3) is 17.2 Å². The van der Waals surface area contributed by atoms with Gasteiger partial charge in [0.25, 0.3) is 0 Å². The number of benzene rings is 2. The van der Waals surface area contributed by atoms with E-state index in [1.165, 1.54) is 5.56 Å². The Balaban J connectivity index is 1.48. The second-order valence-corrected chi connectivity index (χ2v) is 9.32.